The first-order chi connectivity index (χ1) is 11.2. The Morgan fingerprint density at radius 1 is 1.21 bits per heavy atom. The molecule has 0 fully saturated rings. The monoisotopic (exact) mass is 339 g/mol. The number of carbonyl (C=O) groups is 2. The van der Waals surface area contributed by atoms with E-state index >= 15 is 0 Å². The van der Waals surface area contributed by atoms with Crippen molar-refractivity contribution in [2.24, 2.45) is 5.92 Å². The van der Waals surface area contributed by atoms with Gasteiger partial charge in [0.15, 0.2) is 0 Å². The van der Waals surface area contributed by atoms with Gasteiger partial charge in [0.1, 0.15) is 6.73 Å². The largest absolute Gasteiger partial charge is 0.361 e. The van der Waals surface area contributed by atoms with Crippen molar-refractivity contribution >= 4 is 11.8 Å². The molecular weight excluding hydrogens is 306 g/mol. The molecule has 0 unspecified atom stereocenters. The van der Waals surface area contributed by atoms with Gasteiger partial charge in [0.05, 0.1) is 6.61 Å². The molecule has 0 saturated heterocycles. The SMILES string of the molecule is C=C(C)C(=O)NCCCN(C)C/C=C(\C)C(=O)NCOCC(C)C. The van der Waals surface area contributed by atoms with Crippen molar-refractivity contribution in [3.63, 3.8) is 0 Å². The molecule has 0 spiro atoms. The van der Waals surface area contributed by atoms with E-state index in [2.05, 4.69) is 36.0 Å². The molecule has 0 rings (SSSR count). The van der Waals surface area contributed by atoms with Crippen molar-refractivity contribution in [1.82, 2.24) is 15.5 Å². The molecule has 0 saturated carbocycles. The number of likely N-dealkylation sites (N-methyl/N-ethyl adjacent to an activating group) is 1. The minimum Gasteiger partial charge on any atom is -0.361 e. The van der Waals surface area contributed by atoms with E-state index in [0.29, 0.717) is 36.8 Å². The Bertz CT molecular complexity index is 445. The zero-order valence-corrected chi connectivity index (χ0v) is 15.8. The smallest absolute Gasteiger partial charge is 0.248 e. The molecule has 138 valence electrons. The Kier molecular flexibility index (Phi) is 11.8. The van der Waals surface area contributed by atoms with E-state index in [1.54, 1.807) is 13.8 Å². The van der Waals surface area contributed by atoms with Crippen LogP contribution >= 0.6 is 0 Å². The molecule has 0 heterocycles. The predicted octanol–water partition coefficient (Wildman–Crippen LogP) is 1.69. The number of rotatable bonds is 12. The lowest BCUT2D eigenvalue weighted by Crippen LogP contribution is -2.29. The first-order valence-electron chi connectivity index (χ1n) is 8.39. The van der Waals surface area contributed by atoms with Crippen molar-refractivity contribution in [2.75, 3.05) is 40.0 Å². The lowest BCUT2D eigenvalue weighted by molar-refractivity contribution is -0.119. The van der Waals surface area contributed by atoms with Gasteiger partial charge in [0.25, 0.3) is 0 Å². The normalized spacial score (nSPS) is 11.7. The van der Waals surface area contributed by atoms with E-state index in [1.165, 1.54) is 0 Å². The van der Waals surface area contributed by atoms with E-state index in [4.69, 9.17) is 4.74 Å². The van der Waals surface area contributed by atoms with E-state index in [9.17, 15) is 9.59 Å². The van der Waals surface area contributed by atoms with Crippen molar-refractivity contribution in [3.05, 3.63) is 23.8 Å². The summed E-state index contributed by atoms with van der Waals surface area (Å²) in [6, 6.07) is 0. The Morgan fingerprint density at radius 2 is 1.88 bits per heavy atom. The maximum Gasteiger partial charge on any atom is 0.248 e. The van der Waals surface area contributed by atoms with Crippen LogP contribution in [0.3, 0.4) is 0 Å². The highest BCUT2D eigenvalue weighted by molar-refractivity contribution is 5.92. The Balaban J connectivity index is 3.90. The minimum atomic E-state index is -0.110. The van der Waals surface area contributed by atoms with Crippen molar-refractivity contribution in [3.8, 4) is 0 Å². The van der Waals surface area contributed by atoms with Crippen molar-refractivity contribution < 1.29 is 14.3 Å². The zero-order valence-electron chi connectivity index (χ0n) is 15.8. The molecule has 6 nitrogen and oxygen atoms in total. The molecule has 6 heteroatoms. The summed E-state index contributed by atoms with van der Waals surface area (Å²) in [7, 11) is 1.98. The van der Waals surface area contributed by atoms with Gasteiger partial charge in [0.2, 0.25) is 11.8 Å². The molecule has 0 radical (unpaired) electrons. The van der Waals surface area contributed by atoms with Crippen LogP contribution in [0.25, 0.3) is 0 Å². The second-order valence-electron chi connectivity index (χ2n) is 6.45. The second kappa shape index (κ2) is 12.7. The third-order valence-electron chi connectivity index (χ3n) is 3.24. The first kappa shape index (κ1) is 22.3. The number of nitrogens with one attached hydrogen (secondary N) is 2. The van der Waals surface area contributed by atoms with Crippen LogP contribution < -0.4 is 10.6 Å². The van der Waals surface area contributed by atoms with E-state index in [-0.39, 0.29) is 18.5 Å². The topological polar surface area (TPSA) is 70.7 Å². The number of carbonyl (C=O) groups excluding carboxylic acids is 2. The third-order valence-corrected chi connectivity index (χ3v) is 3.24. The van der Waals surface area contributed by atoms with Gasteiger partial charge < -0.3 is 20.3 Å². The first-order valence-corrected chi connectivity index (χ1v) is 8.39. The third kappa shape index (κ3) is 11.8. The fraction of sp³-hybridized carbons (Fsp3) is 0.667. The van der Waals surface area contributed by atoms with Crippen LogP contribution in [-0.4, -0.2) is 56.7 Å². The number of hydrogen-bond acceptors (Lipinski definition) is 4. The predicted molar refractivity (Wildman–Crippen MR) is 97.5 cm³/mol. The molecule has 0 atom stereocenters. The molecule has 0 bridgehead atoms. The summed E-state index contributed by atoms with van der Waals surface area (Å²) in [6.45, 7) is 14.2. The highest BCUT2D eigenvalue weighted by Gasteiger charge is 2.05. The van der Waals surface area contributed by atoms with Gasteiger partial charge in [-0.15, -0.1) is 0 Å². The molecule has 0 aromatic carbocycles. The quantitative estimate of drug-likeness (QED) is 0.322. The van der Waals surface area contributed by atoms with Gasteiger partial charge in [-0.05, 0) is 39.8 Å². The molecule has 24 heavy (non-hydrogen) atoms. The summed E-state index contributed by atoms with van der Waals surface area (Å²) in [4.78, 5) is 25.3. The van der Waals surface area contributed by atoms with Crippen molar-refractivity contribution in [2.45, 2.75) is 34.1 Å². The highest BCUT2D eigenvalue weighted by atomic mass is 16.5. The number of ether oxygens (including phenoxy) is 1. The molecular formula is C18H33N3O3. The lowest BCUT2D eigenvalue weighted by Gasteiger charge is -2.15. The van der Waals surface area contributed by atoms with Crippen LogP contribution in [0.15, 0.2) is 23.8 Å². The number of nitrogens with zero attached hydrogens (tertiary/aromatic N) is 1. The lowest BCUT2D eigenvalue weighted by atomic mass is 10.2. The average Bonchev–Trinajstić information content (AvgIpc) is 2.52. The fourth-order valence-electron chi connectivity index (χ4n) is 1.73. The maximum absolute atomic E-state index is 11.9. The summed E-state index contributed by atoms with van der Waals surface area (Å²) >= 11 is 0. The second-order valence-corrected chi connectivity index (χ2v) is 6.45. The highest BCUT2D eigenvalue weighted by Crippen LogP contribution is 1.96. The minimum absolute atomic E-state index is 0.107. The van der Waals surface area contributed by atoms with Crippen LogP contribution in [-0.2, 0) is 14.3 Å². The summed E-state index contributed by atoms with van der Waals surface area (Å²) in [5, 5.41) is 5.53. The Hall–Kier alpha value is -1.66. The van der Waals surface area contributed by atoms with Gasteiger partial charge in [-0.2, -0.15) is 0 Å². The van der Waals surface area contributed by atoms with Crippen LogP contribution in [0.2, 0.25) is 0 Å². The Labute approximate surface area is 146 Å². The van der Waals surface area contributed by atoms with E-state index in [0.717, 1.165) is 13.0 Å². The molecule has 0 aliphatic heterocycles. The molecule has 2 N–H and O–H groups in total. The van der Waals surface area contributed by atoms with Crippen LogP contribution in [0.1, 0.15) is 34.1 Å². The fourth-order valence-corrected chi connectivity index (χ4v) is 1.73. The number of hydrogen-bond donors (Lipinski definition) is 2. The van der Waals surface area contributed by atoms with Gasteiger partial charge in [-0.25, -0.2) is 0 Å². The summed E-state index contributed by atoms with van der Waals surface area (Å²) in [6.07, 6.45) is 2.74. The molecule has 0 aromatic heterocycles. The molecule has 0 aliphatic rings. The Morgan fingerprint density at radius 3 is 2.46 bits per heavy atom. The van der Waals surface area contributed by atoms with E-state index in [1.807, 2.05) is 13.1 Å². The van der Waals surface area contributed by atoms with Crippen LogP contribution in [0, 0.1) is 5.92 Å². The summed E-state index contributed by atoms with van der Waals surface area (Å²) in [5.74, 6) is 0.234. The maximum atomic E-state index is 11.9. The van der Waals surface area contributed by atoms with E-state index < -0.39 is 0 Å². The van der Waals surface area contributed by atoms with Crippen LogP contribution in [0.4, 0.5) is 0 Å². The standard InChI is InChI=1S/C18H33N3O3/c1-14(2)12-24-13-20-18(23)16(5)8-11-21(6)10-7-9-19-17(22)15(3)4/h8,14H,3,7,9-13H2,1-2,4-6H3,(H,19,22)(H,20,23)/b16-8+. The number of amides is 2. The summed E-state index contributed by atoms with van der Waals surface area (Å²) in [5.41, 5.74) is 1.19. The molecule has 0 aliphatic carbocycles. The van der Waals surface area contributed by atoms with Gasteiger partial charge in [-0.1, -0.05) is 26.5 Å². The van der Waals surface area contributed by atoms with Gasteiger partial charge >= 0.3 is 0 Å². The van der Waals surface area contributed by atoms with Gasteiger partial charge in [-0.3, -0.25) is 9.59 Å². The molecule has 0 aromatic rings. The molecule has 2 amide bonds. The summed E-state index contributed by atoms with van der Waals surface area (Å²) < 4.78 is 5.33. The van der Waals surface area contributed by atoms with Crippen LogP contribution in [0.5, 0.6) is 0 Å². The van der Waals surface area contributed by atoms with Crippen molar-refractivity contribution in [1.29, 1.82) is 0 Å². The zero-order chi connectivity index (χ0) is 18.5. The van der Waals surface area contributed by atoms with Gasteiger partial charge in [0, 0.05) is 24.2 Å². The average molecular weight is 339 g/mol.